The molecular formula is C11H16N2O. The summed E-state index contributed by atoms with van der Waals surface area (Å²) in [6.07, 6.45) is -0.344. The summed E-state index contributed by atoms with van der Waals surface area (Å²) in [7, 11) is 0. The Morgan fingerprint density at radius 2 is 2.14 bits per heavy atom. The molecule has 0 bridgehead atoms. The Morgan fingerprint density at radius 3 is 2.86 bits per heavy atom. The van der Waals surface area contributed by atoms with Crippen molar-refractivity contribution in [1.82, 2.24) is 10.2 Å². The molecule has 1 atom stereocenters. The number of aliphatic hydroxyl groups excluding tert-OH is 1. The van der Waals surface area contributed by atoms with Crippen molar-refractivity contribution < 1.29 is 5.11 Å². The number of β-amino-alcohol motifs (C(OH)–C–C–N with tert-alkyl or cyclic N) is 1. The SMILES string of the molecule is OC1CNCCN1Cc1ccccc1. The second-order valence-electron chi connectivity index (χ2n) is 3.64. The van der Waals surface area contributed by atoms with E-state index in [-0.39, 0.29) is 6.23 Å². The molecule has 1 heterocycles. The second-order valence-corrected chi connectivity index (χ2v) is 3.64. The highest BCUT2D eigenvalue weighted by Crippen LogP contribution is 2.08. The van der Waals surface area contributed by atoms with Gasteiger partial charge in [-0.15, -0.1) is 0 Å². The number of rotatable bonds is 2. The zero-order valence-electron chi connectivity index (χ0n) is 8.19. The molecule has 2 N–H and O–H groups in total. The second kappa shape index (κ2) is 4.55. The van der Waals surface area contributed by atoms with Crippen LogP contribution in [0.1, 0.15) is 5.56 Å². The largest absolute Gasteiger partial charge is 0.377 e. The smallest absolute Gasteiger partial charge is 0.120 e. The molecule has 0 aromatic heterocycles. The average Bonchev–Trinajstić information content (AvgIpc) is 2.23. The molecule has 0 radical (unpaired) electrons. The molecule has 1 aliphatic rings. The van der Waals surface area contributed by atoms with Crippen LogP contribution in [0, 0.1) is 0 Å². The van der Waals surface area contributed by atoms with Crippen molar-refractivity contribution in [2.45, 2.75) is 12.8 Å². The summed E-state index contributed by atoms with van der Waals surface area (Å²) in [5.41, 5.74) is 1.26. The lowest BCUT2D eigenvalue weighted by molar-refractivity contribution is -0.0180. The Balaban J connectivity index is 1.96. The zero-order valence-corrected chi connectivity index (χ0v) is 8.19. The molecule has 0 spiro atoms. The molecule has 1 aromatic carbocycles. The molecule has 1 saturated heterocycles. The summed E-state index contributed by atoms with van der Waals surface area (Å²) in [5.74, 6) is 0. The van der Waals surface area contributed by atoms with Gasteiger partial charge in [0.05, 0.1) is 0 Å². The molecule has 3 nitrogen and oxygen atoms in total. The van der Waals surface area contributed by atoms with E-state index in [1.807, 2.05) is 18.2 Å². The highest BCUT2D eigenvalue weighted by atomic mass is 16.3. The van der Waals surface area contributed by atoms with Gasteiger partial charge in [0.25, 0.3) is 0 Å². The maximum Gasteiger partial charge on any atom is 0.120 e. The van der Waals surface area contributed by atoms with E-state index in [1.54, 1.807) is 0 Å². The predicted octanol–water partition coefficient (Wildman–Crippen LogP) is 0.410. The van der Waals surface area contributed by atoms with Gasteiger partial charge in [-0.25, -0.2) is 0 Å². The monoisotopic (exact) mass is 192 g/mol. The maximum absolute atomic E-state index is 9.69. The number of hydrogen-bond donors (Lipinski definition) is 2. The van der Waals surface area contributed by atoms with E-state index in [9.17, 15) is 5.11 Å². The van der Waals surface area contributed by atoms with Crippen molar-refractivity contribution in [2.24, 2.45) is 0 Å². The quantitative estimate of drug-likeness (QED) is 0.712. The summed E-state index contributed by atoms with van der Waals surface area (Å²) >= 11 is 0. The molecule has 76 valence electrons. The van der Waals surface area contributed by atoms with Gasteiger partial charge >= 0.3 is 0 Å². The van der Waals surface area contributed by atoms with Crippen LogP contribution < -0.4 is 5.32 Å². The molecule has 3 heteroatoms. The fourth-order valence-corrected chi connectivity index (χ4v) is 1.73. The van der Waals surface area contributed by atoms with Gasteiger partial charge in [0.2, 0.25) is 0 Å². The maximum atomic E-state index is 9.69. The third-order valence-electron chi connectivity index (χ3n) is 2.55. The Morgan fingerprint density at radius 1 is 1.36 bits per heavy atom. The lowest BCUT2D eigenvalue weighted by Gasteiger charge is -2.32. The molecule has 1 aromatic rings. The van der Waals surface area contributed by atoms with Crippen molar-refractivity contribution >= 4 is 0 Å². The molecule has 14 heavy (non-hydrogen) atoms. The first-order valence-electron chi connectivity index (χ1n) is 5.03. The molecule has 1 unspecified atom stereocenters. The van der Waals surface area contributed by atoms with Crippen molar-refractivity contribution in [1.29, 1.82) is 0 Å². The Labute approximate surface area is 84.4 Å². The number of benzene rings is 1. The van der Waals surface area contributed by atoms with Gasteiger partial charge in [-0.05, 0) is 5.56 Å². The number of nitrogens with zero attached hydrogens (tertiary/aromatic N) is 1. The molecular weight excluding hydrogens is 176 g/mol. The van der Waals surface area contributed by atoms with Crippen LogP contribution in [0.3, 0.4) is 0 Å². The van der Waals surface area contributed by atoms with Crippen LogP contribution in [0.15, 0.2) is 30.3 Å². The summed E-state index contributed by atoms with van der Waals surface area (Å²) in [6.45, 7) is 3.39. The number of piperazine rings is 1. The van der Waals surface area contributed by atoms with Crippen LogP contribution >= 0.6 is 0 Å². The van der Waals surface area contributed by atoms with Crippen LogP contribution in [0.5, 0.6) is 0 Å². The fourth-order valence-electron chi connectivity index (χ4n) is 1.73. The molecule has 2 rings (SSSR count). The minimum Gasteiger partial charge on any atom is -0.377 e. The van der Waals surface area contributed by atoms with Gasteiger partial charge < -0.3 is 10.4 Å². The van der Waals surface area contributed by atoms with Crippen molar-refractivity contribution in [2.75, 3.05) is 19.6 Å². The van der Waals surface area contributed by atoms with E-state index in [4.69, 9.17) is 0 Å². The van der Waals surface area contributed by atoms with Crippen LogP contribution in [0.4, 0.5) is 0 Å². The minimum absolute atomic E-state index is 0.344. The van der Waals surface area contributed by atoms with E-state index < -0.39 is 0 Å². The van der Waals surface area contributed by atoms with Crippen LogP contribution in [0.25, 0.3) is 0 Å². The van der Waals surface area contributed by atoms with Gasteiger partial charge in [-0.3, -0.25) is 4.90 Å². The summed E-state index contributed by atoms with van der Waals surface area (Å²) in [4.78, 5) is 2.09. The van der Waals surface area contributed by atoms with Crippen molar-refractivity contribution in [3.05, 3.63) is 35.9 Å². The topological polar surface area (TPSA) is 35.5 Å². The minimum atomic E-state index is -0.344. The van der Waals surface area contributed by atoms with Crippen LogP contribution in [-0.4, -0.2) is 35.9 Å². The first-order chi connectivity index (χ1) is 6.86. The van der Waals surface area contributed by atoms with Gasteiger partial charge in [0, 0.05) is 26.2 Å². The molecule has 0 amide bonds. The van der Waals surface area contributed by atoms with Crippen molar-refractivity contribution in [3.8, 4) is 0 Å². The standard InChI is InChI=1S/C11H16N2O/c14-11-8-12-6-7-13(11)9-10-4-2-1-3-5-10/h1-5,11-12,14H,6-9H2. The third-order valence-corrected chi connectivity index (χ3v) is 2.55. The van der Waals surface area contributed by atoms with Crippen LogP contribution in [-0.2, 0) is 6.54 Å². The lowest BCUT2D eigenvalue weighted by Crippen LogP contribution is -2.50. The fraction of sp³-hybridized carbons (Fsp3) is 0.455. The number of hydrogen-bond acceptors (Lipinski definition) is 3. The lowest BCUT2D eigenvalue weighted by atomic mass is 10.2. The van der Waals surface area contributed by atoms with E-state index in [0.29, 0.717) is 6.54 Å². The van der Waals surface area contributed by atoms with Crippen molar-refractivity contribution in [3.63, 3.8) is 0 Å². The molecule has 0 aliphatic carbocycles. The van der Waals surface area contributed by atoms with E-state index in [2.05, 4.69) is 22.3 Å². The summed E-state index contributed by atoms with van der Waals surface area (Å²) in [5, 5.41) is 12.9. The van der Waals surface area contributed by atoms with Gasteiger partial charge in [0.1, 0.15) is 6.23 Å². The molecule has 1 fully saturated rings. The highest BCUT2D eigenvalue weighted by molar-refractivity contribution is 5.14. The average molecular weight is 192 g/mol. The molecule has 0 saturated carbocycles. The van der Waals surface area contributed by atoms with E-state index >= 15 is 0 Å². The Bertz CT molecular complexity index is 276. The van der Waals surface area contributed by atoms with Crippen LogP contribution in [0.2, 0.25) is 0 Å². The third kappa shape index (κ3) is 2.32. The van der Waals surface area contributed by atoms with Gasteiger partial charge in [-0.2, -0.15) is 0 Å². The number of aliphatic hydroxyl groups is 1. The molecule has 1 aliphatic heterocycles. The first kappa shape index (κ1) is 9.65. The van der Waals surface area contributed by atoms with Gasteiger partial charge in [0.15, 0.2) is 0 Å². The Kier molecular flexibility index (Phi) is 3.14. The van der Waals surface area contributed by atoms with E-state index in [0.717, 1.165) is 19.6 Å². The summed E-state index contributed by atoms with van der Waals surface area (Å²) in [6, 6.07) is 10.3. The van der Waals surface area contributed by atoms with Gasteiger partial charge in [-0.1, -0.05) is 30.3 Å². The highest BCUT2D eigenvalue weighted by Gasteiger charge is 2.18. The normalized spacial score (nSPS) is 23.6. The Hall–Kier alpha value is -0.900. The zero-order chi connectivity index (χ0) is 9.80. The van der Waals surface area contributed by atoms with E-state index in [1.165, 1.54) is 5.56 Å². The number of nitrogens with one attached hydrogen (secondary N) is 1. The summed E-state index contributed by atoms with van der Waals surface area (Å²) < 4.78 is 0. The predicted molar refractivity (Wildman–Crippen MR) is 55.7 cm³/mol. The first-order valence-corrected chi connectivity index (χ1v) is 5.03.